The van der Waals surface area contributed by atoms with E-state index in [1.54, 1.807) is 0 Å². The van der Waals surface area contributed by atoms with Crippen LogP contribution < -0.4 is 11.1 Å². The van der Waals surface area contributed by atoms with E-state index in [1.807, 2.05) is 18.5 Å². The summed E-state index contributed by atoms with van der Waals surface area (Å²) in [5.74, 6) is -0.292. The van der Waals surface area contributed by atoms with Gasteiger partial charge >= 0.3 is 0 Å². The van der Waals surface area contributed by atoms with Gasteiger partial charge in [0.15, 0.2) is 0 Å². The number of carbonyl (C=O) groups is 1. The highest BCUT2D eigenvalue weighted by Crippen LogP contribution is 2.13. The van der Waals surface area contributed by atoms with E-state index in [-0.39, 0.29) is 5.91 Å². The van der Waals surface area contributed by atoms with Crippen molar-refractivity contribution in [3.05, 3.63) is 17.0 Å². The van der Waals surface area contributed by atoms with Gasteiger partial charge in [0.1, 0.15) is 0 Å². The van der Waals surface area contributed by atoms with Gasteiger partial charge < -0.3 is 11.1 Å². The van der Waals surface area contributed by atoms with Crippen molar-refractivity contribution < 1.29 is 4.79 Å². The molecule has 0 aromatic carbocycles. The Balaban J connectivity index is 2.75. The third-order valence-corrected chi connectivity index (χ3v) is 2.79. The number of aryl methyl sites for hydroxylation is 2. The van der Waals surface area contributed by atoms with Crippen LogP contribution in [-0.4, -0.2) is 21.7 Å². The van der Waals surface area contributed by atoms with Crippen LogP contribution in [0.1, 0.15) is 37.2 Å². The van der Waals surface area contributed by atoms with Crippen LogP contribution >= 0.6 is 0 Å². The summed E-state index contributed by atoms with van der Waals surface area (Å²) in [6.45, 7) is 9.61. The van der Waals surface area contributed by atoms with E-state index in [9.17, 15) is 4.79 Å². The van der Waals surface area contributed by atoms with Crippen molar-refractivity contribution in [1.82, 2.24) is 15.1 Å². The number of hydrogen-bond acceptors (Lipinski definition) is 3. The molecule has 0 fully saturated rings. The predicted octanol–water partition coefficient (Wildman–Crippen LogP) is 0.873. The van der Waals surface area contributed by atoms with Crippen molar-refractivity contribution in [2.24, 2.45) is 5.73 Å². The average Bonchev–Trinajstić information content (AvgIpc) is 2.48. The summed E-state index contributed by atoms with van der Waals surface area (Å²) in [7, 11) is 0. The maximum absolute atomic E-state index is 10.8. The fraction of sp³-hybridized carbons (Fsp3) is 0.667. The maximum atomic E-state index is 10.8. The molecule has 1 rings (SSSR count). The van der Waals surface area contributed by atoms with Gasteiger partial charge in [-0.25, -0.2) is 0 Å². The number of nitrogens with one attached hydrogen (secondary N) is 1. The number of hydrogen-bond donors (Lipinski definition) is 2. The lowest BCUT2D eigenvalue weighted by Gasteiger charge is -2.08. The summed E-state index contributed by atoms with van der Waals surface area (Å²) in [5.41, 5.74) is 8.47. The van der Waals surface area contributed by atoms with E-state index in [4.69, 9.17) is 5.73 Å². The topological polar surface area (TPSA) is 72.9 Å². The Morgan fingerprint density at radius 3 is 2.65 bits per heavy atom. The van der Waals surface area contributed by atoms with Crippen LogP contribution in [0.4, 0.5) is 0 Å². The molecule has 0 aliphatic rings. The van der Waals surface area contributed by atoms with Gasteiger partial charge in [0.05, 0.1) is 5.69 Å². The van der Waals surface area contributed by atoms with E-state index in [0.717, 1.165) is 17.9 Å². The summed E-state index contributed by atoms with van der Waals surface area (Å²) in [4.78, 5) is 10.8. The van der Waals surface area contributed by atoms with Gasteiger partial charge in [-0.3, -0.25) is 9.48 Å². The number of amides is 1. The quantitative estimate of drug-likeness (QED) is 0.772. The first-order valence-electron chi connectivity index (χ1n) is 5.96. The molecule has 96 valence electrons. The van der Waals surface area contributed by atoms with Gasteiger partial charge in [0, 0.05) is 36.8 Å². The second kappa shape index (κ2) is 5.82. The molecule has 0 spiro atoms. The molecule has 0 atom stereocenters. The van der Waals surface area contributed by atoms with E-state index < -0.39 is 0 Å². The summed E-state index contributed by atoms with van der Waals surface area (Å²) < 4.78 is 1.86. The molecule has 1 amide bonds. The summed E-state index contributed by atoms with van der Waals surface area (Å²) >= 11 is 0. The number of nitrogens with zero attached hydrogens (tertiary/aromatic N) is 2. The maximum Gasteiger partial charge on any atom is 0.219 e. The molecule has 0 aliphatic heterocycles. The molecular weight excluding hydrogens is 216 g/mol. The predicted molar refractivity (Wildman–Crippen MR) is 67.5 cm³/mol. The number of primary amides is 1. The molecule has 1 aromatic heterocycles. The largest absolute Gasteiger partial charge is 0.370 e. The van der Waals surface area contributed by atoms with Crippen molar-refractivity contribution in [2.45, 2.75) is 53.2 Å². The Kier molecular flexibility index (Phi) is 4.69. The van der Waals surface area contributed by atoms with Crippen LogP contribution in [0.3, 0.4) is 0 Å². The minimum atomic E-state index is -0.292. The molecule has 1 heterocycles. The van der Waals surface area contributed by atoms with Crippen molar-refractivity contribution in [3.8, 4) is 0 Å². The molecule has 5 heteroatoms. The lowest BCUT2D eigenvalue weighted by atomic mass is 10.2. The first kappa shape index (κ1) is 13.7. The Morgan fingerprint density at radius 1 is 1.47 bits per heavy atom. The number of aromatic nitrogens is 2. The van der Waals surface area contributed by atoms with Gasteiger partial charge in [0.25, 0.3) is 0 Å². The Labute approximate surface area is 102 Å². The van der Waals surface area contributed by atoms with E-state index in [1.165, 1.54) is 5.56 Å². The van der Waals surface area contributed by atoms with Crippen LogP contribution in [0.25, 0.3) is 0 Å². The molecule has 0 radical (unpaired) electrons. The minimum absolute atomic E-state index is 0.292. The van der Waals surface area contributed by atoms with Crippen molar-refractivity contribution in [2.75, 3.05) is 0 Å². The van der Waals surface area contributed by atoms with Crippen LogP contribution in [-0.2, 0) is 17.9 Å². The van der Waals surface area contributed by atoms with E-state index >= 15 is 0 Å². The van der Waals surface area contributed by atoms with Crippen LogP contribution in [0.15, 0.2) is 0 Å². The zero-order chi connectivity index (χ0) is 13.0. The van der Waals surface area contributed by atoms with E-state index in [0.29, 0.717) is 19.0 Å². The Hall–Kier alpha value is -1.36. The molecule has 0 saturated carbocycles. The van der Waals surface area contributed by atoms with Gasteiger partial charge in [0.2, 0.25) is 5.91 Å². The fourth-order valence-electron chi connectivity index (χ4n) is 1.73. The van der Waals surface area contributed by atoms with Crippen molar-refractivity contribution >= 4 is 5.91 Å². The summed E-state index contributed by atoms with van der Waals surface area (Å²) in [6.07, 6.45) is 0.332. The second-order valence-corrected chi connectivity index (χ2v) is 4.62. The molecular formula is C12H22N4O. The number of nitrogens with two attached hydrogens (primary N) is 1. The van der Waals surface area contributed by atoms with Gasteiger partial charge in [-0.2, -0.15) is 5.10 Å². The zero-order valence-corrected chi connectivity index (χ0v) is 11.1. The van der Waals surface area contributed by atoms with Crippen LogP contribution in [0.5, 0.6) is 0 Å². The molecule has 0 unspecified atom stereocenters. The fourth-order valence-corrected chi connectivity index (χ4v) is 1.73. The lowest BCUT2D eigenvalue weighted by Crippen LogP contribution is -2.22. The summed E-state index contributed by atoms with van der Waals surface area (Å²) in [6, 6.07) is 0.447. The standard InChI is InChI=1S/C12H22N4O/c1-8(2)14-7-11-9(3)15-16(10(11)4)6-5-12(13)17/h8,14H,5-7H2,1-4H3,(H2,13,17). The van der Waals surface area contributed by atoms with E-state index in [2.05, 4.69) is 24.3 Å². The first-order chi connectivity index (χ1) is 7.91. The molecule has 1 aromatic rings. The van der Waals surface area contributed by atoms with Gasteiger partial charge in [-0.1, -0.05) is 13.8 Å². The molecule has 0 bridgehead atoms. The SMILES string of the molecule is Cc1nn(CCC(N)=O)c(C)c1CNC(C)C. The first-order valence-corrected chi connectivity index (χ1v) is 5.96. The van der Waals surface area contributed by atoms with Crippen molar-refractivity contribution in [1.29, 1.82) is 0 Å². The minimum Gasteiger partial charge on any atom is -0.370 e. The average molecular weight is 238 g/mol. The van der Waals surface area contributed by atoms with Gasteiger partial charge in [-0.05, 0) is 13.8 Å². The highest BCUT2D eigenvalue weighted by atomic mass is 16.1. The Bertz CT molecular complexity index is 395. The summed E-state index contributed by atoms with van der Waals surface area (Å²) in [5, 5.41) is 7.81. The molecule has 17 heavy (non-hydrogen) atoms. The highest BCUT2D eigenvalue weighted by molar-refractivity contribution is 5.73. The van der Waals surface area contributed by atoms with Crippen molar-refractivity contribution in [3.63, 3.8) is 0 Å². The normalized spacial score (nSPS) is 11.1. The third kappa shape index (κ3) is 3.85. The molecule has 0 saturated heterocycles. The monoisotopic (exact) mass is 238 g/mol. The lowest BCUT2D eigenvalue weighted by molar-refractivity contribution is -0.118. The van der Waals surface area contributed by atoms with Gasteiger partial charge in [-0.15, -0.1) is 0 Å². The highest BCUT2D eigenvalue weighted by Gasteiger charge is 2.11. The second-order valence-electron chi connectivity index (χ2n) is 4.62. The molecule has 0 aliphatic carbocycles. The zero-order valence-electron chi connectivity index (χ0n) is 11.1. The number of carbonyl (C=O) groups excluding carboxylic acids is 1. The smallest absolute Gasteiger partial charge is 0.219 e. The Morgan fingerprint density at radius 2 is 2.12 bits per heavy atom. The number of rotatable bonds is 6. The van der Waals surface area contributed by atoms with Crippen LogP contribution in [0.2, 0.25) is 0 Å². The molecule has 3 N–H and O–H groups in total. The molecule has 5 nitrogen and oxygen atoms in total. The third-order valence-electron chi connectivity index (χ3n) is 2.79. The van der Waals surface area contributed by atoms with Crippen LogP contribution in [0, 0.1) is 13.8 Å².